The Morgan fingerprint density at radius 2 is 1.96 bits per heavy atom. The zero-order valence-electron chi connectivity index (χ0n) is 15.5. The maximum absolute atomic E-state index is 4.93. The maximum atomic E-state index is 4.93. The zero-order chi connectivity index (χ0) is 18.8. The highest BCUT2D eigenvalue weighted by Crippen LogP contribution is 2.25. The summed E-state index contributed by atoms with van der Waals surface area (Å²) in [6.45, 7) is 2.85. The fourth-order valence-corrected chi connectivity index (χ4v) is 3.85. The SMILES string of the molecule is [HH].c1ccc(C[C@H]2CN(c3cccc(-c4[nH]nc5ncccc45)n3)CCN2)cc1. The van der Waals surface area contributed by atoms with Gasteiger partial charge in [-0.3, -0.25) is 5.10 Å². The average molecular weight is 372 g/mol. The average Bonchev–Trinajstić information content (AvgIpc) is 3.19. The number of nitrogens with one attached hydrogen (secondary N) is 2. The van der Waals surface area contributed by atoms with Crippen molar-refractivity contribution in [2.75, 3.05) is 24.5 Å². The number of hydrogen-bond donors (Lipinski definition) is 2. The Hall–Kier alpha value is -3.25. The number of aromatic nitrogens is 4. The Labute approximate surface area is 165 Å². The highest BCUT2D eigenvalue weighted by atomic mass is 15.2. The lowest BCUT2D eigenvalue weighted by Crippen LogP contribution is -2.51. The number of anilines is 1. The van der Waals surface area contributed by atoms with Gasteiger partial charge in [-0.25, -0.2) is 9.97 Å². The molecule has 0 spiro atoms. The van der Waals surface area contributed by atoms with E-state index in [-0.39, 0.29) is 1.43 Å². The van der Waals surface area contributed by atoms with Crippen molar-refractivity contribution in [1.29, 1.82) is 0 Å². The van der Waals surface area contributed by atoms with Gasteiger partial charge in [-0.2, -0.15) is 5.10 Å². The summed E-state index contributed by atoms with van der Waals surface area (Å²) in [5, 5.41) is 12.0. The first-order valence-corrected chi connectivity index (χ1v) is 9.65. The lowest BCUT2D eigenvalue weighted by molar-refractivity contribution is 0.453. The first-order valence-electron chi connectivity index (χ1n) is 9.65. The minimum atomic E-state index is 0. The Balaban J connectivity index is 0.00000205. The van der Waals surface area contributed by atoms with Crippen molar-refractivity contribution in [1.82, 2.24) is 25.5 Å². The molecule has 1 atom stereocenters. The number of fused-ring (bicyclic) bond motifs is 1. The van der Waals surface area contributed by atoms with Gasteiger partial charge in [-0.15, -0.1) is 0 Å². The van der Waals surface area contributed by atoms with Crippen LogP contribution in [0.4, 0.5) is 5.82 Å². The third-order valence-corrected chi connectivity index (χ3v) is 5.22. The number of hydrogen-bond acceptors (Lipinski definition) is 5. The largest absolute Gasteiger partial charge is 0.354 e. The van der Waals surface area contributed by atoms with Crippen molar-refractivity contribution >= 4 is 16.9 Å². The van der Waals surface area contributed by atoms with Crippen LogP contribution in [0.15, 0.2) is 66.9 Å². The van der Waals surface area contributed by atoms with Gasteiger partial charge in [0.1, 0.15) is 5.82 Å². The van der Waals surface area contributed by atoms with Gasteiger partial charge in [-0.05, 0) is 36.2 Å². The van der Waals surface area contributed by atoms with Gasteiger partial charge in [0, 0.05) is 38.7 Å². The fourth-order valence-electron chi connectivity index (χ4n) is 3.85. The van der Waals surface area contributed by atoms with Crippen molar-refractivity contribution in [2.24, 2.45) is 0 Å². The molecular weight excluding hydrogens is 348 g/mol. The molecule has 0 saturated carbocycles. The second kappa shape index (κ2) is 7.40. The molecule has 4 heterocycles. The maximum Gasteiger partial charge on any atom is 0.181 e. The van der Waals surface area contributed by atoms with Crippen LogP contribution in [0.25, 0.3) is 22.4 Å². The Morgan fingerprint density at radius 1 is 1.04 bits per heavy atom. The van der Waals surface area contributed by atoms with E-state index in [2.05, 4.69) is 67.9 Å². The van der Waals surface area contributed by atoms with Crippen LogP contribution in [0, 0.1) is 0 Å². The minimum Gasteiger partial charge on any atom is -0.354 e. The normalized spacial score (nSPS) is 17.1. The molecule has 0 unspecified atom stereocenters. The Morgan fingerprint density at radius 3 is 2.89 bits per heavy atom. The second-order valence-corrected chi connectivity index (χ2v) is 7.14. The number of rotatable bonds is 4. The summed E-state index contributed by atoms with van der Waals surface area (Å²) < 4.78 is 0. The molecule has 0 amide bonds. The third kappa shape index (κ3) is 3.34. The molecule has 1 fully saturated rings. The summed E-state index contributed by atoms with van der Waals surface area (Å²) in [5.74, 6) is 1.00. The van der Waals surface area contributed by atoms with Crippen molar-refractivity contribution in [3.8, 4) is 11.4 Å². The van der Waals surface area contributed by atoms with E-state index in [1.54, 1.807) is 6.20 Å². The number of piperazine rings is 1. The van der Waals surface area contributed by atoms with E-state index in [0.29, 0.717) is 6.04 Å². The number of H-pyrrole nitrogens is 1. The molecule has 28 heavy (non-hydrogen) atoms. The molecule has 0 bridgehead atoms. The van der Waals surface area contributed by atoms with E-state index in [1.807, 2.05) is 18.2 Å². The van der Waals surface area contributed by atoms with Crippen LogP contribution >= 0.6 is 0 Å². The van der Waals surface area contributed by atoms with Gasteiger partial charge in [0.2, 0.25) is 0 Å². The molecular formula is C22H24N6. The molecule has 6 heteroatoms. The van der Waals surface area contributed by atoms with Crippen LogP contribution < -0.4 is 10.2 Å². The van der Waals surface area contributed by atoms with E-state index in [0.717, 1.165) is 54.3 Å². The smallest absolute Gasteiger partial charge is 0.181 e. The molecule has 3 aromatic heterocycles. The van der Waals surface area contributed by atoms with Crippen LogP contribution in [-0.2, 0) is 6.42 Å². The van der Waals surface area contributed by atoms with E-state index in [4.69, 9.17) is 4.98 Å². The van der Waals surface area contributed by atoms with Gasteiger partial charge in [0.15, 0.2) is 5.65 Å². The molecule has 4 aromatic rings. The standard InChI is InChI=1S/C22H22N6.H2/c1-2-6-16(7-3-1)14-17-15-28(13-12-23-17)20-10-4-9-19(25-20)21-18-8-5-11-24-22(18)27-26-21;/h1-11,17,23H,12-15H2,(H,24,26,27);1H/t17-;/m0./s1. The molecule has 142 valence electrons. The number of pyridine rings is 2. The molecule has 0 aliphatic carbocycles. The summed E-state index contributed by atoms with van der Waals surface area (Å²) in [5.41, 5.74) is 3.89. The highest BCUT2D eigenvalue weighted by molar-refractivity contribution is 5.89. The zero-order valence-corrected chi connectivity index (χ0v) is 15.5. The number of nitrogens with zero attached hydrogens (tertiary/aromatic N) is 4. The van der Waals surface area contributed by atoms with E-state index in [9.17, 15) is 0 Å². The molecule has 6 nitrogen and oxygen atoms in total. The third-order valence-electron chi connectivity index (χ3n) is 5.22. The van der Waals surface area contributed by atoms with Crippen LogP contribution in [-0.4, -0.2) is 45.8 Å². The van der Waals surface area contributed by atoms with Crippen LogP contribution in [0.1, 0.15) is 6.99 Å². The highest BCUT2D eigenvalue weighted by Gasteiger charge is 2.21. The summed E-state index contributed by atoms with van der Waals surface area (Å²) in [4.78, 5) is 11.6. The second-order valence-electron chi connectivity index (χ2n) is 7.14. The van der Waals surface area contributed by atoms with Crippen LogP contribution in [0.5, 0.6) is 0 Å². The van der Waals surface area contributed by atoms with Crippen molar-refractivity contribution in [2.45, 2.75) is 12.5 Å². The van der Waals surface area contributed by atoms with Gasteiger partial charge in [-0.1, -0.05) is 36.4 Å². The lowest BCUT2D eigenvalue weighted by Gasteiger charge is -2.34. The summed E-state index contributed by atoms with van der Waals surface area (Å²) >= 11 is 0. The van der Waals surface area contributed by atoms with Gasteiger partial charge in [0.05, 0.1) is 11.4 Å². The number of aromatic amines is 1. The first-order chi connectivity index (χ1) is 13.9. The predicted octanol–water partition coefficient (Wildman–Crippen LogP) is 3.29. The van der Waals surface area contributed by atoms with Crippen molar-refractivity contribution in [3.05, 3.63) is 72.4 Å². The van der Waals surface area contributed by atoms with Crippen LogP contribution in [0.2, 0.25) is 0 Å². The summed E-state index contributed by atoms with van der Waals surface area (Å²) in [6.07, 6.45) is 2.78. The van der Waals surface area contributed by atoms with Crippen molar-refractivity contribution in [3.63, 3.8) is 0 Å². The molecule has 1 aliphatic rings. The van der Waals surface area contributed by atoms with Gasteiger partial charge >= 0.3 is 0 Å². The Bertz CT molecular complexity index is 1080. The quantitative estimate of drug-likeness (QED) is 0.575. The summed E-state index contributed by atoms with van der Waals surface area (Å²) in [6, 6.07) is 21.2. The molecule has 1 aliphatic heterocycles. The number of benzene rings is 1. The van der Waals surface area contributed by atoms with Gasteiger partial charge < -0.3 is 10.2 Å². The molecule has 5 rings (SSSR count). The molecule has 1 aromatic carbocycles. The van der Waals surface area contributed by atoms with E-state index >= 15 is 0 Å². The fraction of sp³-hybridized carbons (Fsp3) is 0.227. The monoisotopic (exact) mass is 372 g/mol. The van der Waals surface area contributed by atoms with E-state index < -0.39 is 0 Å². The lowest BCUT2D eigenvalue weighted by atomic mass is 10.0. The van der Waals surface area contributed by atoms with Crippen molar-refractivity contribution < 1.29 is 1.43 Å². The molecule has 1 saturated heterocycles. The summed E-state index contributed by atoms with van der Waals surface area (Å²) in [7, 11) is 0. The minimum absolute atomic E-state index is 0. The molecule has 2 N–H and O–H groups in total. The topological polar surface area (TPSA) is 69.7 Å². The van der Waals surface area contributed by atoms with Gasteiger partial charge in [0.25, 0.3) is 0 Å². The first kappa shape index (κ1) is 16.9. The van der Waals surface area contributed by atoms with E-state index in [1.165, 1.54) is 5.56 Å². The molecule has 0 radical (unpaired) electrons. The van der Waals surface area contributed by atoms with Crippen LogP contribution in [0.3, 0.4) is 0 Å². The predicted molar refractivity (Wildman–Crippen MR) is 113 cm³/mol. The Kier molecular flexibility index (Phi) is 4.47.